The van der Waals surface area contributed by atoms with Gasteiger partial charge in [0.15, 0.2) is 6.10 Å². The summed E-state index contributed by atoms with van der Waals surface area (Å²) in [5, 5.41) is 6.75. The number of hydrogen-bond acceptors (Lipinski definition) is 4. The van der Waals surface area contributed by atoms with Crippen molar-refractivity contribution in [2.75, 3.05) is 37.8 Å². The molecule has 1 aliphatic rings. The predicted octanol–water partition coefficient (Wildman–Crippen LogP) is 3.37. The van der Waals surface area contributed by atoms with Gasteiger partial charge in [-0.05, 0) is 56.9 Å². The molecule has 1 amide bonds. The first-order chi connectivity index (χ1) is 12.9. The summed E-state index contributed by atoms with van der Waals surface area (Å²) in [6, 6.07) is 11.1. The van der Waals surface area contributed by atoms with Crippen LogP contribution < -0.4 is 15.4 Å². The van der Waals surface area contributed by atoms with Crippen molar-refractivity contribution < 1.29 is 9.53 Å². The number of benzene rings is 2. The SMILES string of the molecule is Cc1ccc(NC(=O)C2CNc3cc(Cl)ccc3O2)c(C#CCN(C)C)c1. The molecular weight excluding hydrogens is 362 g/mol. The van der Waals surface area contributed by atoms with Crippen LogP contribution in [0.2, 0.25) is 5.02 Å². The molecule has 27 heavy (non-hydrogen) atoms. The number of halogens is 1. The molecule has 0 spiro atoms. The maximum atomic E-state index is 12.7. The molecule has 140 valence electrons. The number of rotatable bonds is 3. The third-order valence-corrected chi connectivity index (χ3v) is 4.27. The quantitative estimate of drug-likeness (QED) is 0.798. The summed E-state index contributed by atoms with van der Waals surface area (Å²) in [7, 11) is 3.93. The van der Waals surface area contributed by atoms with E-state index in [4.69, 9.17) is 16.3 Å². The molecule has 1 atom stereocenters. The first kappa shape index (κ1) is 19.1. The van der Waals surface area contributed by atoms with Gasteiger partial charge in [-0.3, -0.25) is 9.69 Å². The van der Waals surface area contributed by atoms with Gasteiger partial charge in [-0.25, -0.2) is 0 Å². The molecule has 1 unspecified atom stereocenters. The topological polar surface area (TPSA) is 53.6 Å². The van der Waals surface area contributed by atoms with Crippen molar-refractivity contribution in [3.8, 4) is 17.6 Å². The number of aryl methyl sites for hydroxylation is 1. The normalized spacial score (nSPS) is 15.1. The van der Waals surface area contributed by atoms with E-state index in [1.807, 2.05) is 44.1 Å². The van der Waals surface area contributed by atoms with E-state index >= 15 is 0 Å². The molecule has 0 bridgehead atoms. The van der Waals surface area contributed by atoms with E-state index in [1.165, 1.54) is 0 Å². The van der Waals surface area contributed by atoms with Crippen LogP contribution in [0.1, 0.15) is 11.1 Å². The average molecular weight is 384 g/mol. The fourth-order valence-electron chi connectivity index (χ4n) is 2.66. The summed E-state index contributed by atoms with van der Waals surface area (Å²) in [6.07, 6.45) is -0.637. The van der Waals surface area contributed by atoms with Crippen LogP contribution in [0.15, 0.2) is 36.4 Å². The Morgan fingerprint density at radius 3 is 2.93 bits per heavy atom. The average Bonchev–Trinajstić information content (AvgIpc) is 2.63. The van der Waals surface area contributed by atoms with Crippen molar-refractivity contribution >= 4 is 28.9 Å². The molecule has 0 saturated heterocycles. The van der Waals surface area contributed by atoms with E-state index in [0.29, 0.717) is 29.5 Å². The zero-order valence-electron chi connectivity index (χ0n) is 15.6. The highest BCUT2D eigenvalue weighted by atomic mass is 35.5. The van der Waals surface area contributed by atoms with Crippen molar-refractivity contribution in [2.24, 2.45) is 0 Å². The highest BCUT2D eigenvalue weighted by Crippen LogP contribution is 2.31. The zero-order chi connectivity index (χ0) is 19.4. The van der Waals surface area contributed by atoms with Crippen molar-refractivity contribution in [3.05, 3.63) is 52.5 Å². The van der Waals surface area contributed by atoms with Crippen LogP contribution >= 0.6 is 11.6 Å². The number of carbonyl (C=O) groups excluding carboxylic acids is 1. The van der Waals surface area contributed by atoms with Crippen LogP contribution in [0.3, 0.4) is 0 Å². The highest BCUT2D eigenvalue weighted by molar-refractivity contribution is 6.31. The number of hydrogen-bond donors (Lipinski definition) is 2. The van der Waals surface area contributed by atoms with Crippen LogP contribution in [0.25, 0.3) is 0 Å². The molecule has 1 aliphatic heterocycles. The number of ether oxygens (including phenoxy) is 1. The lowest BCUT2D eigenvalue weighted by Crippen LogP contribution is -2.41. The molecular formula is C21H22ClN3O2. The molecule has 2 N–H and O–H groups in total. The number of nitrogens with zero attached hydrogens (tertiary/aromatic N) is 1. The fraction of sp³-hybridized carbons (Fsp3) is 0.286. The third-order valence-electron chi connectivity index (χ3n) is 4.03. The maximum Gasteiger partial charge on any atom is 0.267 e. The van der Waals surface area contributed by atoms with Gasteiger partial charge in [0.2, 0.25) is 0 Å². The summed E-state index contributed by atoms with van der Waals surface area (Å²) in [5.41, 5.74) is 3.35. The molecule has 5 nitrogen and oxygen atoms in total. The fourth-order valence-corrected chi connectivity index (χ4v) is 2.84. The second-order valence-corrected chi connectivity index (χ2v) is 7.14. The summed E-state index contributed by atoms with van der Waals surface area (Å²) >= 11 is 5.98. The van der Waals surface area contributed by atoms with Gasteiger partial charge in [-0.2, -0.15) is 0 Å². The van der Waals surface area contributed by atoms with Crippen LogP contribution in [0.5, 0.6) is 5.75 Å². The maximum absolute atomic E-state index is 12.7. The Hall–Kier alpha value is -2.68. The zero-order valence-corrected chi connectivity index (χ0v) is 16.4. The lowest BCUT2D eigenvalue weighted by molar-refractivity contribution is -0.122. The lowest BCUT2D eigenvalue weighted by atomic mass is 10.1. The van der Waals surface area contributed by atoms with Crippen LogP contribution in [-0.4, -0.2) is 44.1 Å². The molecule has 0 aliphatic carbocycles. The summed E-state index contributed by atoms with van der Waals surface area (Å²) < 4.78 is 5.82. The van der Waals surface area contributed by atoms with E-state index in [2.05, 4.69) is 22.5 Å². The van der Waals surface area contributed by atoms with Gasteiger partial charge < -0.3 is 15.4 Å². The molecule has 6 heteroatoms. The number of nitrogens with one attached hydrogen (secondary N) is 2. The Kier molecular flexibility index (Phi) is 5.90. The molecule has 2 aromatic rings. The minimum Gasteiger partial charge on any atom is -0.477 e. The van der Waals surface area contributed by atoms with Gasteiger partial charge in [0.1, 0.15) is 5.75 Å². The molecule has 0 fully saturated rings. The Balaban J connectivity index is 1.74. The van der Waals surface area contributed by atoms with Gasteiger partial charge >= 0.3 is 0 Å². The number of amides is 1. The summed E-state index contributed by atoms with van der Waals surface area (Å²) in [6.45, 7) is 3.02. The van der Waals surface area contributed by atoms with E-state index in [1.54, 1.807) is 18.2 Å². The first-order valence-corrected chi connectivity index (χ1v) is 9.05. The third kappa shape index (κ3) is 4.94. The summed E-state index contributed by atoms with van der Waals surface area (Å²) in [4.78, 5) is 14.7. The second kappa shape index (κ2) is 8.34. The first-order valence-electron chi connectivity index (χ1n) is 8.67. The smallest absolute Gasteiger partial charge is 0.267 e. The van der Waals surface area contributed by atoms with Gasteiger partial charge in [0.25, 0.3) is 5.91 Å². The van der Waals surface area contributed by atoms with Gasteiger partial charge in [0, 0.05) is 10.6 Å². The number of carbonyl (C=O) groups is 1. The van der Waals surface area contributed by atoms with Crippen LogP contribution in [0.4, 0.5) is 11.4 Å². The van der Waals surface area contributed by atoms with E-state index in [9.17, 15) is 4.79 Å². The number of fused-ring (bicyclic) bond motifs is 1. The number of anilines is 2. The monoisotopic (exact) mass is 383 g/mol. The van der Waals surface area contributed by atoms with Crippen molar-refractivity contribution in [2.45, 2.75) is 13.0 Å². The van der Waals surface area contributed by atoms with E-state index in [0.717, 1.165) is 16.8 Å². The summed E-state index contributed by atoms with van der Waals surface area (Å²) in [5.74, 6) is 6.64. The van der Waals surface area contributed by atoms with Crippen LogP contribution in [0, 0.1) is 18.8 Å². The molecule has 0 aromatic heterocycles. The van der Waals surface area contributed by atoms with Gasteiger partial charge in [-0.1, -0.05) is 29.5 Å². The Morgan fingerprint density at radius 2 is 2.15 bits per heavy atom. The second-order valence-electron chi connectivity index (χ2n) is 6.71. The molecule has 3 rings (SSSR count). The van der Waals surface area contributed by atoms with Crippen molar-refractivity contribution in [3.63, 3.8) is 0 Å². The highest BCUT2D eigenvalue weighted by Gasteiger charge is 2.26. The molecule has 0 radical (unpaired) electrons. The van der Waals surface area contributed by atoms with E-state index in [-0.39, 0.29) is 5.91 Å². The Bertz CT molecular complexity index is 915. The van der Waals surface area contributed by atoms with Gasteiger partial charge in [-0.15, -0.1) is 0 Å². The predicted molar refractivity (Wildman–Crippen MR) is 110 cm³/mol. The Labute approximate surface area is 164 Å². The van der Waals surface area contributed by atoms with E-state index < -0.39 is 6.10 Å². The molecule has 2 aromatic carbocycles. The van der Waals surface area contributed by atoms with Crippen LogP contribution in [-0.2, 0) is 4.79 Å². The van der Waals surface area contributed by atoms with Crippen molar-refractivity contribution in [1.82, 2.24) is 4.90 Å². The Morgan fingerprint density at radius 1 is 1.33 bits per heavy atom. The van der Waals surface area contributed by atoms with Crippen molar-refractivity contribution in [1.29, 1.82) is 0 Å². The minimum atomic E-state index is -0.637. The minimum absolute atomic E-state index is 0.220. The lowest BCUT2D eigenvalue weighted by Gasteiger charge is -2.26. The molecule has 1 heterocycles. The molecule has 0 saturated carbocycles. The standard InChI is InChI=1S/C21H22ClN3O2/c1-14-6-8-17(15(11-14)5-4-10-25(2)3)24-21(26)20-13-23-18-12-16(22)7-9-19(18)27-20/h6-9,11-12,20,23H,10,13H2,1-3H3,(H,24,26). The largest absolute Gasteiger partial charge is 0.477 e. The van der Waals surface area contributed by atoms with Gasteiger partial charge in [0.05, 0.1) is 24.5 Å².